The molecule has 0 aromatic carbocycles. The van der Waals surface area contributed by atoms with Crippen molar-refractivity contribution < 1.29 is 28.6 Å². The number of hydrogen-bond acceptors (Lipinski definition) is 3. The largest absolute Gasteiger partial charge is 0.481 e. The Labute approximate surface area is 161 Å². The summed E-state index contributed by atoms with van der Waals surface area (Å²) in [5.41, 5.74) is 0. The molecule has 0 aliphatic carbocycles. The number of carbonyl (C=O) groups excluding carboxylic acids is 1. The monoisotopic (exact) mass is 391 g/mol. The topological polar surface area (TPSA) is 77.8 Å². The van der Waals surface area contributed by atoms with Gasteiger partial charge in [-0.05, 0) is 26.2 Å². The van der Waals surface area contributed by atoms with Crippen molar-refractivity contribution in [3.63, 3.8) is 0 Å². The molecule has 0 fully saturated rings. The molecular weight excluding hydrogens is 356 g/mol. The van der Waals surface area contributed by atoms with Gasteiger partial charge in [-0.3, -0.25) is 9.59 Å². The summed E-state index contributed by atoms with van der Waals surface area (Å²) in [6, 6.07) is -0.776. The van der Waals surface area contributed by atoms with E-state index in [1.807, 2.05) is 0 Å². The van der Waals surface area contributed by atoms with Gasteiger partial charge >= 0.3 is 5.97 Å². The summed E-state index contributed by atoms with van der Waals surface area (Å²) in [4.78, 5) is 23.2. The van der Waals surface area contributed by atoms with Crippen LogP contribution in [0.4, 0.5) is 8.78 Å². The Morgan fingerprint density at radius 3 is 2.33 bits per heavy atom. The Morgan fingerprint density at radius 1 is 1.11 bits per heavy atom. The fourth-order valence-corrected chi connectivity index (χ4v) is 2.84. The van der Waals surface area contributed by atoms with E-state index >= 15 is 0 Å². The van der Waals surface area contributed by atoms with E-state index in [4.69, 9.17) is 5.11 Å². The molecule has 1 amide bonds. The smallest absolute Gasteiger partial charge is 0.303 e. The summed E-state index contributed by atoms with van der Waals surface area (Å²) in [6.07, 6.45) is 8.62. The number of aliphatic carboxylic acids is 1. The fourth-order valence-electron chi connectivity index (χ4n) is 2.84. The highest BCUT2D eigenvalue weighted by Gasteiger charge is 2.28. The second-order valence-corrected chi connectivity index (χ2v) is 7.19. The SMILES string of the molecule is CCCCCC(O)C=CC(CC(C)(F)F)N(C=O)CCCCCCC(=O)O. The third kappa shape index (κ3) is 15.3. The van der Waals surface area contributed by atoms with Crippen LogP contribution in [-0.4, -0.2) is 52.1 Å². The number of amides is 1. The van der Waals surface area contributed by atoms with Crippen LogP contribution in [0.5, 0.6) is 0 Å². The number of carboxylic acid groups (broad SMARTS) is 1. The van der Waals surface area contributed by atoms with Crippen molar-refractivity contribution in [2.45, 2.75) is 96.1 Å². The van der Waals surface area contributed by atoms with Crippen molar-refractivity contribution in [3.05, 3.63) is 12.2 Å². The number of carbonyl (C=O) groups is 2. The zero-order valence-electron chi connectivity index (χ0n) is 16.6. The molecule has 0 aliphatic rings. The lowest BCUT2D eigenvalue weighted by Gasteiger charge is -2.28. The summed E-state index contributed by atoms with van der Waals surface area (Å²) < 4.78 is 27.0. The van der Waals surface area contributed by atoms with Gasteiger partial charge in [0.05, 0.1) is 12.1 Å². The first-order chi connectivity index (χ1) is 12.7. The molecule has 0 aromatic heterocycles. The molecule has 0 aliphatic heterocycles. The van der Waals surface area contributed by atoms with Crippen LogP contribution in [0.2, 0.25) is 0 Å². The highest BCUT2D eigenvalue weighted by atomic mass is 19.3. The summed E-state index contributed by atoms with van der Waals surface area (Å²) in [5.74, 6) is -3.76. The quantitative estimate of drug-likeness (QED) is 0.219. The zero-order chi connectivity index (χ0) is 20.7. The number of carboxylic acids is 1. The van der Waals surface area contributed by atoms with Crippen molar-refractivity contribution in [2.24, 2.45) is 0 Å². The molecule has 0 radical (unpaired) electrons. The lowest BCUT2D eigenvalue weighted by Crippen LogP contribution is -2.37. The Hall–Kier alpha value is -1.50. The third-order valence-corrected chi connectivity index (χ3v) is 4.34. The number of rotatable bonds is 17. The molecule has 0 bridgehead atoms. The molecule has 2 N–H and O–H groups in total. The molecule has 27 heavy (non-hydrogen) atoms. The molecule has 5 nitrogen and oxygen atoms in total. The Balaban J connectivity index is 4.62. The van der Waals surface area contributed by atoms with Crippen LogP contribution >= 0.6 is 0 Å². The lowest BCUT2D eigenvalue weighted by atomic mass is 10.0. The first-order valence-corrected chi connectivity index (χ1v) is 9.86. The van der Waals surface area contributed by atoms with Gasteiger partial charge in [0, 0.05) is 19.4 Å². The highest BCUT2D eigenvalue weighted by molar-refractivity contribution is 5.66. The number of aliphatic hydroxyl groups excluding tert-OH is 1. The minimum Gasteiger partial charge on any atom is -0.481 e. The zero-order valence-corrected chi connectivity index (χ0v) is 16.6. The fraction of sp³-hybridized carbons (Fsp3) is 0.800. The number of unbranched alkanes of at least 4 members (excludes halogenated alkanes) is 5. The van der Waals surface area contributed by atoms with E-state index in [0.29, 0.717) is 32.2 Å². The summed E-state index contributed by atoms with van der Waals surface area (Å²) in [7, 11) is 0. The van der Waals surface area contributed by atoms with Gasteiger partial charge in [-0.1, -0.05) is 51.2 Å². The van der Waals surface area contributed by atoms with E-state index in [1.165, 1.54) is 17.1 Å². The van der Waals surface area contributed by atoms with Crippen LogP contribution in [-0.2, 0) is 9.59 Å². The maximum absolute atomic E-state index is 13.5. The van der Waals surface area contributed by atoms with Crippen molar-refractivity contribution in [1.29, 1.82) is 0 Å². The molecule has 0 spiro atoms. The first kappa shape index (κ1) is 25.5. The van der Waals surface area contributed by atoms with Crippen LogP contribution in [0, 0.1) is 0 Å². The molecule has 158 valence electrons. The normalized spacial score (nSPS) is 14.3. The van der Waals surface area contributed by atoms with Crippen LogP contribution in [0.1, 0.15) is 78.1 Å². The molecule has 2 atom stereocenters. The standard InChI is InChI=1S/C20H35F2NO4/c1-3-4-7-10-18(25)13-12-17(15-20(2,21)22)23(16-24)14-9-6-5-8-11-19(26)27/h12-13,16-18,25H,3-11,14-15H2,1-2H3,(H,26,27). The van der Waals surface area contributed by atoms with Crippen molar-refractivity contribution >= 4 is 12.4 Å². The summed E-state index contributed by atoms with van der Waals surface area (Å²) in [6.45, 7) is 3.21. The molecule has 0 aromatic rings. The second-order valence-electron chi connectivity index (χ2n) is 7.19. The molecular formula is C20H35F2NO4. The van der Waals surface area contributed by atoms with Crippen LogP contribution < -0.4 is 0 Å². The average Bonchev–Trinajstić information content (AvgIpc) is 2.57. The van der Waals surface area contributed by atoms with Crippen molar-refractivity contribution in [3.8, 4) is 0 Å². The van der Waals surface area contributed by atoms with Gasteiger partial charge in [-0.2, -0.15) is 0 Å². The van der Waals surface area contributed by atoms with Gasteiger partial charge < -0.3 is 15.1 Å². The number of aliphatic hydroxyl groups is 1. The number of hydrogen-bond donors (Lipinski definition) is 2. The van der Waals surface area contributed by atoms with Gasteiger partial charge in [-0.25, -0.2) is 8.78 Å². The van der Waals surface area contributed by atoms with Gasteiger partial charge in [0.25, 0.3) is 0 Å². The van der Waals surface area contributed by atoms with Crippen molar-refractivity contribution in [1.82, 2.24) is 4.90 Å². The van der Waals surface area contributed by atoms with Crippen molar-refractivity contribution in [2.75, 3.05) is 6.54 Å². The van der Waals surface area contributed by atoms with E-state index < -0.39 is 30.5 Å². The molecule has 0 saturated heterocycles. The second kappa shape index (κ2) is 14.5. The van der Waals surface area contributed by atoms with Crippen LogP contribution in [0.3, 0.4) is 0 Å². The molecule has 0 saturated carbocycles. The minimum absolute atomic E-state index is 0.112. The Bertz CT molecular complexity index is 438. The van der Waals surface area contributed by atoms with Crippen LogP contribution in [0.25, 0.3) is 0 Å². The number of alkyl halides is 2. The van der Waals surface area contributed by atoms with Gasteiger partial charge in [0.15, 0.2) is 0 Å². The van der Waals surface area contributed by atoms with Crippen LogP contribution in [0.15, 0.2) is 12.2 Å². The third-order valence-electron chi connectivity index (χ3n) is 4.34. The maximum Gasteiger partial charge on any atom is 0.303 e. The van der Waals surface area contributed by atoms with E-state index in [2.05, 4.69) is 6.92 Å². The van der Waals surface area contributed by atoms with Gasteiger partial charge in [0.2, 0.25) is 12.3 Å². The lowest BCUT2D eigenvalue weighted by molar-refractivity contribution is -0.137. The summed E-state index contributed by atoms with van der Waals surface area (Å²) >= 11 is 0. The predicted octanol–water partition coefficient (Wildman–Crippen LogP) is 4.39. The number of halogens is 2. The molecule has 0 rings (SSSR count). The summed E-state index contributed by atoms with van der Waals surface area (Å²) in [5, 5.41) is 18.6. The highest BCUT2D eigenvalue weighted by Crippen LogP contribution is 2.23. The maximum atomic E-state index is 13.5. The van der Waals surface area contributed by atoms with E-state index in [0.717, 1.165) is 39.0 Å². The average molecular weight is 391 g/mol. The minimum atomic E-state index is -2.93. The van der Waals surface area contributed by atoms with E-state index in [9.17, 15) is 23.5 Å². The van der Waals surface area contributed by atoms with E-state index in [-0.39, 0.29) is 6.42 Å². The molecule has 2 unspecified atom stereocenters. The van der Waals surface area contributed by atoms with E-state index in [1.54, 1.807) is 0 Å². The molecule has 0 heterocycles. The van der Waals surface area contributed by atoms with Gasteiger partial charge in [0.1, 0.15) is 0 Å². The van der Waals surface area contributed by atoms with Gasteiger partial charge in [-0.15, -0.1) is 0 Å². The first-order valence-electron chi connectivity index (χ1n) is 9.86. The number of nitrogens with zero attached hydrogens (tertiary/aromatic N) is 1. The predicted molar refractivity (Wildman–Crippen MR) is 102 cm³/mol. The molecule has 7 heteroatoms. The Morgan fingerprint density at radius 2 is 1.78 bits per heavy atom. The Kier molecular flexibility index (Phi) is 13.7.